The van der Waals surface area contributed by atoms with E-state index in [9.17, 15) is 13.2 Å². The molecule has 0 atom stereocenters. The van der Waals surface area contributed by atoms with Crippen LogP contribution in [-0.2, 0) is 17.5 Å². The number of nitrogens with zero attached hydrogens (tertiary/aromatic N) is 1. The van der Waals surface area contributed by atoms with Crippen LogP contribution in [0.4, 0.5) is 13.2 Å². The predicted octanol–water partition coefficient (Wildman–Crippen LogP) is 2.10. The van der Waals surface area contributed by atoms with Gasteiger partial charge in [-0.25, -0.2) is 0 Å². The number of rotatable bonds is 3. The summed E-state index contributed by atoms with van der Waals surface area (Å²) in [4.78, 5) is 0. The highest BCUT2D eigenvalue weighted by Gasteiger charge is 2.31. The van der Waals surface area contributed by atoms with Gasteiger partial charge in [-0.3, -0.25) is 0 Å². The van der Waals surface area contributed by atoms with Crippen LogP contribution in [0.2, 0.25) is 0 Å². The number of benzene rings is 1. The van der Waals surface area contributed by atoms with E-state index in [0.29, 0.717) is 24.1 Å². The van der Waals surface area contributed by atoms with E-state index in [2.05, 4.69) is 0 Å². The van der Waals surface area contributed by atoms with Crippen molar-refractivity contribution in [2.24, 2.45) is 0 Å². The van der Waals surface area contributed by atoms with Gasteiger partial charge in [0.1, 0.15) is 7.85 Å². The fourth-order valence-corrected chi connectivity index (χ4v) is 1.87. The largest absolute Gasteiger partial charge is 0.416 e. The minimum Gasteiger partial charge on any atom is -0.383 e. The third-order valence-corrected chi connectivity index (χ3v) is 2.78. The molecule has 6 heteroatoms. The van der Waals surface area contributed by atoms with Crippen molar-refractivity contribution in [1.29, 1.82) is 0 Å². The van der Waals surface area contributed by atoms with Crippen LogP contribution in [0.5, 0.6) is 0 Å². The zero-order valence-electron chi connectivity index (χ0n) is 9.79. The number of ether oxygens (including phenoxy) is 1. The first-order valence-electron chi connectivity index (χ1n) is 5.38. The summed E-state index contributed by atoms with van der Waals surface area (Å²) < 4.78 is 44.7. The van der Waals surface area contributed by atoms with Crippen LogP contribution in [0.1, 0.15) is 5.56 Å². The fraction of sp³-hybridized carbons (Fsp3) is 0.333. The van der Waals surface area contributed by atoms with Crippen LogP contribution in [0, 0.1) is 0 Å². The van der Waals surface area contributed by atoms with Gasteiger partial charge in [-0.15, -0.1) is 0 Å². The molecule has 1 aromatic heterocycles. The van der Waals surface area contributed by atoms with Crippen molar-refractivity contribution < 1.29 is 17.9 Å². The van der Waals surface area contributed by atoms with E-state index in [1.165, 1.54) is 0 Å². The zero-order chi connectivity index (χ0) is 13.3. The molecule has 0 fully saturated rings. The van der Waals surface area contributed by atoms with Crippen molar-refractivity contribution in [1.82, 2.24) is 4.57 Å². The Balaban J connectivity index is 2.54. The average molecular weight is 253 g/mol. The number of aromatic nitrogens is 1. The molecule has 18 heavy (non-hydrogen) atoms. The van der Waals surface area contributed by atoms with Crippen LogP contribution in [0.25, 0.3) is 10.9 Å². The highest BCUT2D eigenvalue weighted by Crippen LogP contribution is 2.30. The summed E-state index contributed by atoms with van der Waals surface area (Å²) in [5.41, 5.74) is -0.125. The molecule has 0 aliphatic carbocycles. The molecule has 0 N–H and O–H groups in total. The van der Waals surface area contributed by atoms with E-state index in [0.717, 1.165) is 12.1 Å². The lowest BCUT2D eigenvalue weighted by atomic mass is 9.90. The Bertz CT molecular complexity index is 562. The molecule has 0 aliphatic rings. The number of alkyl halides is 3. The summed E-state index contributed by atoms with van der Waals surface area (Å²) in [6.45, 7) is 0.917. The number of methoxy groups -OCH3 is 1. The molecule has 0 saturated carbocycles. The van der Waals surface area contributed by atoms with Crippen molar-refractivity contribution in [3.8, 4) is 0 Å². The van der Waals surface area contributed by atoms with E-state index in [1.807, 2.05) is 0 Å². The standard InChI is InChI=1S/C12H11BF3NO/c1-18-5-4-17-3-2-9-10(13)6-8(7-11(9)17)12(14,15)16/h2-3,6-7H,4-5H2,1H3. The predicted molar refractivity (Wildman–Crippen MR) is 64.2 cm³/mol. The van der Waals surface area contributed by atoms with E-state index in [4.69, 9.17) is 12.6 Å². The van der Waals surface area contributed by atoms with Crippen molar-refractivity contribution in [2.45, 2.75) is 12.7 Å². The fourth-order valence-electron chi connectivity index (χ4n) is 1.87. The summed E-state index contributed by atoms with van der Waals surface area (Å²) in [5.74, 6) is 0. The van der Waals surface area contributed by atoms with Gasteiger partial charge in [0.15, 0.2) is 0 Å². The van der Waals surface area contributed by atoms with Crippen LogP contribution < -0.4 is 5.46 Å². The Hall–Kier alpha value is -1.43. The molecule has 0 aliphatic heterocycles. The van der Waals surface area contributed by atoms with Gasteiger partial charge in [0.05, 0.1) is 12.2 Å². The second-order valence-electron chi connectivity index (χ2n) is 4.00. The Morgan fingerprint density at radius 1 is 1.33 bits per heavy atom. The van der Waals surface area contributed by atoms with Crippen molar-refractivity contribution in [2.75, 3.05) is 13.7 Å². The number of halogens is 3. The first kappa shape index (κ1) is 13.0. The second-order valence-corrected chi connectivity index (χ2v) is 4.00. The molecule has 94 valence electrons. The van der Waals surface area contributed by atoms with Crippen molar-refractivity contribution in [3.63, 3.8) is 0 Å². The number of hydrogen-bond donors (Lipinski definition) is 0. The molecule has 2 rings (SSSR count). The summed E-state index contributed by atoms with van der Waals surface area (Å²) in [7, 11) is 7.19. The number of hydrogen-bond acceptors (Lipinski definition) is 1. The molecule has 0 unspecified atom stereocenters. The highest BCUT2D eigenvalue weighted by atomic mass is 19.4. The smallest absolute Gasteiger partial charge is 0.383 e. The highest BCUT2D eigenvalue weighted by molar-refractivity contribution is 6.38. The molecular formula is C12H11BF3NO. The van der Waals surface area contributed by atoms with Crippen LogP contribution in [-0.4, -0.2) is 26.1 Å². The van der Waals surface area contributed by atoms with Crippen molar-refractivity contribution >= 4 is 24.2 Å². The molecule has 1 aromatic carbocycles. The lowest BCUT2D eigenvalue weighted by Gasteiger charge is -2.11. The average Bonchev–Trinajstić information content (AvgIpc) is 2.69. The molecule has 0 bridgehead atoms. The molecule has 2 radical (unpaired) electrons. The van der Waals surface area contributed by atoms with Gasteiger partial charge < -0.3 is 9.30 Å². The van der Waals surface area contributed by atoms with E-state index >= 15 is 0 Å². The van der Waals surface area contributed by atoms with Gasteiger partial charge in [-0.1, -0.05) is 11.5 Å². The van der Waals surface area contributed by atoms with Crippen LogP contribution in [0.15, 0.2) is 24.4 Å². The maximum Gasteiger partial charge on any atom is 0.416 e. The Labute approximate surface area is 104 Å². The first-order valence-corrected chi connectivity index (χ1v) is 5.38. The summed E-state index contributed by atoms with van der Waals surface area (Å²) in [6, 6.07) is 3.78. The van der Waals surface area contributed by atoms with Gasteiger partial charge in [0, 0.05) is 25.4 Å². The Morgan fingerprint density at radius 3 is 2.67 bits per heavy atom. The SMILES string of the molecule is [B]c1cc(C(F)(F)F)cc2c1ccn2CCOC. The molecule has 0 saturated heterocycles. The van der Waals surface area contributed by atoms with Crippen molar-refractivity contribution in [3.05, 3.63) is 30.0 Å². The summed E-state index contributed by atoms with van der Waals surface area (Å²) in [6.07, 6.45) is -2.68. The lowest BCUT2D eigenvalue weighted by Crippen LogP contribution is -2.13. The topological polar surface area (TPSA) is 14.2 Å². The molecule has 2 aromatic rings. The number of fused-ring (bicyclic) bond motifs is 1. The van der Waals surface area contributed by atoms with Gasteiger partial charge in [-0.2, -0.15) is 13.2 Å². The maximum atomic E-state index is 12.7. The van der Waals surface area contributed by atoms with Gasteiger partial charge in [-0.05, 0) is 17.5 Å². The van der Waals surface area contributed by atoms with Crippen LogP contribution in [0.3, 0.4) is 0 Å². The third-order valence-electron chi connectivity index (χ3n) is 2.78. The third kappa shape index (κ3) is 2.38. The normalized spacial score (nSPS) is 12.2. The van der Waals surface area contributed by atoms with Gasteiger partial charge >= 0.3 is 6.18 Å². The summed E-state index contributed by atoms with van der Waals surface area (Å²) >= 11 is 0. The van der Waals surface area contributed by atoms with E-state index in [-0.39, 0.29) is 5.46 Å². The van der Waals surface area contributed by atoms with Crippen LogP contribution >= 0.6 is 0 Å². The molecule has 2 nitrogen and oxygen atoms in total. The maximum absolute atomic E-state index is 12.7. The molecule has 0 amide bonds. The molecule has 0 spiro atoms. The quantitative estimate of drug-likeness (QED) is 0.764. The van der Waals surface area contributed by atoms with Gasteiger partial charge in [0.25, 0.3) is 0 Å². The molecule has 1 heterocycles. The lowest BCUT2D eigenvalue weighted by molar-refractivity contribution is -0.137. The zero-order valence-corrected chi connectivity index (χ0v) is 9.79. The minimum atomic E-state index is -4.39. The Morgan fingerprint density at radius 2 is 2.06 bits per heavy atom. The van der Waals surface area contributed by atoms with Gasteiger partial charge in [0.2, 0.25) is 0 Å². The van der Waals surface area contributed by atoms with E-state index < -0.39 is 11.7 Å². The second kappa shape index (κ2) is 4.68. The Kier molecular flexibility index (Phi) is 3.39. The monoisotopic (exact) mass is 253 g/mol. The van der Waals surface area contributed by atoms with E-state index in [1.54, 1.807) is 23.9 Å². The minimum absolute atomic E-state index is 0.135. The molecular weight excluding hydrogens is 242 g/mol. The summed E-state index contributed by atoms with van der Waals surface area (Å²) in [5, 5.41) is 0.624. The first-order chi connectivity index (χ1) is 8.43.